The summed E-state index contributed by atoms with van der Waals surface area (Å²) in [5, 5.41) is 14.8. The Hall–Kier alpha value is -2.12. The minimum Gasteiger partial charge on any atom is -0.480 e. The standard InChI is InChI=1S/C20H29N3O4/c1-2-23(13-19(24)25)16-10-15(11-16)22-20(26)21-12-17-8-9-18(27-17)14-6-4-3-5-7-14/h3-7,15-18H,2,8-13H2,1H3,(H,24,25)(H2,21,22,26)/t15?,16?,17-,18+/m1/s1. The van der Waals surface area contributed by atoms with Gasteiger partial charge in [-0.25, -0.2) is 4.79 Å². The van der Waals surface area contributed by atoms with Crippen LogP contribution in [0.1, 0.15) is 44.3 Å². The molecule has 148 valence electrons. The van der Waals surface area contributed by atoms with Gasteiger partial charge in [0.2, 0.25) is 0 Å². The topological polar surface area (TPSA) is 90.9 Å². The summed E-state index contributed by atoms with van der Waals surface area (Å²) in [7, 11) is 0. The molecule has 0 aromatic heterocycles. The van der Waals surface area contributed by atoms with Crippen molar-refractivity contribution in [1.29, 1.82) is 0 Å². The van der Waals surface area contributed by atoms with Crippen LogP contribution in [0.4, 0.5) is 4.79 Å². The number of hydrogen-bond donors (Lipinski definition) is 3. The molecule has 0 radical (unpaired) electrons. The van der Waals surface area contributed by atoms with E-state index in [9.17, 15) is 9.59 Å². The van der Waals surface area contributed by atoms with Crippen LogP contribution in [0.15, 0.2) is 30.3 Å². The summed E-state index contributed by atoms with van der Waals surface area (Å²) in [6, 6.07) is 10.3. The molecule has 0 bridgehead atoms. The number of carbonyl (C=O) groups excluding carboxylic acids is 1. The molecular weight excluding hydrogens is 346 g/mol. The van der Waals surface area contributed by atoms with Crippen molar-refractivity contribution in [2.45, 2.75) is 56.9 Å². The largest absolute Gasteiger partial charge is 0.480 e. The highest BCUT2D eigenvalue weighted by molar-refractivity contribution is 5.74. The number of urea groups is 1. The first-order valence-corrected chi connectivity index (χ1v) is 9.75. The number of nitrogens with one attached hydrogen (secondary N) is 2. The Bertz CT molecular complexity index is 633. The number of hydrogen-bond acceptors (Lipinski definition) is 4. The van der Waals surface area contributed by atoms with E-state index in [4.69, 9.17) is 9.84 Å². The number of likely N-dealkylation sites (N-methyl/N-ethyl adjacent to an activating group) is 1. The number of ether oxygens (including phenoxy) is 1. The van der Waals surface area contributed by atoms with Crippen LogP contribution in [0.2, 0.25) is 0 Å². The molecule has 3 rings (SSSR count). The number of nitrogens with zero attached hydrogens (tertiary/aromatic N) is 1. The lowest BCUT2D eigenvalue weighted by Gasteiger charge is -2.42. The van der Waals surface area contributed by atoms with Crippen molar-refractivity contribution in [3.05, 3.63) is 35.9 Å². The van der Waals surface area contributed by atoms with E-state index in [1.54, 1.807) is 0 Å². The smallest absolute Gasteiger partial charge is 0.317 e. The molecule has 2 atom stereocenters. The maximum atomic E-state index is 12.1. The van der Waals surface area contributed by atoms with E-state index >= 15 is 0 Å². The maximum Gasteiger partial charge on any atom is 0.317 e. The second-order valence-corrected chi connectivity index (χ2v) is 7.37. The molecule has 1 saturated heterocycles. The molecule has 1 aromatic rings. The first-order chi connectivity index (χ1) is 13.0. The number of carboxylic acids is 1. The Balaban J connectivity index is 1.33. The Morgan fingerprint density at radius 2 is 1.96 bits per heavy atom. The zero-order chi connectivity index (χ0) is 19.2. The van der Waals surface area contributed by atoms with Gasteiger partial charge >= 0.3 is 12.0 Å². The molecular formula is C20H29N3O4. The van der Waals surface area contributed by atoms with Crippen molar-refractivity contribution < 1.29 is 19.4 Å². The quantitative estimate of drug-likeness (QED) is 0.648. The van der Waals surface area contributed by atoms with Crippen LogP contribution >= 0.6 is 0 Å². The number of carbonyl (C=O) groups is 2. The third kappa shape index (κ3) is 5.43. The molecule has 1 aliphatic heterocycles. The molecule has 7 heteroatoms. The van der Waals surface area contributed by atoms with Crippen LogP contribution in [0.5, 0.6) is 0 Å². The van der Waals surface area contributed by atoms with Gasteiger partial charge in [0.25, 0.3) is 0 Å². The summed E-state index contributed by atoms with van der Waals surface area (Å²) < 4.78 is 6.04. The van der Waals surface area contributed by atoms with Gasteiger partial charge in [-0.05, 0) is 37.8 Å². The van der Waals surface area contributed by atoms with Crippen LogP contribution < -0.4 is 10.6 Å². The third-order valence-electron chi connectivity index (χ3n) is 5.48. The number of rotatable bonds is 8. The first-order valence-electron chi connectivity index (χ1n) is 9.75. The van der Waals surface area contributed by atoms with Crippen molar-refractivity contribution in [1.82, 2.24) is 15.5 Å². The van der Waals surface area contributed by atoms with Crippen molar-refractivity contribution in [3.8, 4) is 0 Å². The number of amides is 2. The minimum atomic E-state index is -0.809. The van der Waals surface area contributed by atoms with Crippen LogP contribution in [-0.2, 0) is 9.53 Å². The fraction of sp³-hybridized carbons (Fsp3) is 0.600. The van der Waals surface area contributed by atoms with E-state index in [-0.39, 0.29) is 36.9 Å². The first kappa shape index (κ1) is 19.6. The average molecular weight is 375 g/mol. The Morgan fingerprint density at radius 3 is 2.63 bits per heavy atom. The molecule has 1 heterocycles. The second-order valence-electron chi connectivity index (χ2n) is 7.37. The number of carboxylic acid groups (broad SMARTS) is 1. The van der Waals surface area contributed by atoms with Gasteiger partial charge in [0.05, 0.1) is 18.8 Å². The molecule has 2 amide bonds. The molecule has 0 unspecified atom stereocenters. The molecule has 2 fully saturated rings. The second kappa shape index (κ2) is 9.19. The van der Waals surface area contributed by atoms with Gasteiger partial charge in [-0.2, -0.15) is 0 Å². The predicted octanol–water partition coefficient (Wildman–Crippen LogP) is 2.14. The molecule has 3 N–H and O–H groups in total. The monoisotopic (exact) mass is 375 g/mol. The van der Waals surface area contributed by atoms with Crippen LogP contribution in [0, 0.1) is 0 Å². The van der Waals surface area contributed by atoms with Gasteiger partial charge in [-0.15, -0.1) is 0 Å². The van der Waals surface area contributed by atoms with Crippen molar-refractivity contribution >= 4 is 12.0 Å². The fourth-order valence-electron chi connectivity index (χ4n) is 3.89. The van der Waals surface area contributed by atoms with Gasteiger partial charge < -0.3 is 20.5 Å². The van der Waals surface area contributed by atoms with Crippen molar-refractivity contribution in [3.63, 3.8) is 0 Å². The van der Waals surface area contributed by atoms with Crippen LogP contribution in [0.3, 0.4) is 0 Å². The van der Waals surface area contributed by atoms with E-state index in [0.717, 1.165) is 25.7 Å². The summed E-state index contributed by atoms with van der Waals surface area (Å²) in [4.78, 5) is 24.9. The molecule has 1 aromatic carbocycles. The van der Waals surface area contributed by atoms with Crippen molar-refractivity contribution in [2.75, 3.05) is 19.6 Å². The SMILES string of the molecule is CCN(CC(=O)O)C1CC(NC(=O)NC[C@H]2CC[C@@H](c3ccccc3)O2)C1. The number of benzene rings is 1. The van der Waals surface area contributed by atoms with Gasteiger partial charge in [0.15, 0.2) is 0 Å². The minimum absolute atomic E-state index is 0.0428. The zero-order valence-corrected chi connectivity index (χ0v) is 15.8. The predicted molar refractivity (Wildman–Crippen MR) is 102 cm³/mol. The fourth-order valence-corrected chi connectivity index (χ4v) is 3.89. The van der Waals surface area contributed by atoms with E-state index in [1.807, 2.05) is 30.0 Å². The summed E-state index contributed by atoms with van der Waals surface area (Å²) >= 11 is 0. The van der Waals surface area contributed by atoms with Gasteiger partial charge in [-0.1, -0.05) is 37.3 Å². The molecule has 2 aliphatic rings. The number of aliphatic carboxylic acids is 1. The van der Waals surface area contributed by atoms with Crippen LogP contribution in [0.25, 0.3) is 0 Å². The van der Waals surface area contributed by atoms with Crippen LogP contribution in [-0.4, -0.2) is 59.8 Å². The summed E-state index contributed by atoms with van der Waals surface area (Å²) in [6.45, 7) is 3.23. The Morgan fingerprint density at radius 1 is 1.22 bits per heavy atom. The van der Waals surface area contributed by atoms with E-state index in [2.05, 4.69) is 22.8 Å². The van der Waals surface area contributed by atoms with Gasteiger partial charge in [0.1, 0.15) is 0 Å². The maximum absolute atomic E-state index is 12.1. The van der Waals surface area contributed by atoms with Crippen molar-refractivity contribution in [2.24, 2.45) is 0 Å². The molecule has 1 aliphatic carbocycles. The van der Waals surface area contributed by atoms with E-state index in [0.29, 0.717) is 13.1 Å². The van der Waals surface area contributed by atoms with E-state index in [1.165, 1.54) is 5.56 Å². The molecule has 27 heavy (non-hydrogen) atoms. The van der Waals surface area contributed by atoms with Gasteiger partial charge in [-0.3, -0.25) is 9.69 Å². The molecule has 0 spiro atoms. The molecule has 1 saturated carbocycles. The lowest BCUT2D eigenvalue weighted by Crippen LogP contribution is -2.56. The molecule has 7 nitrogen and oxygen atoms in total. The summed E-state index contributed by atoms with van der Waals surface area (Å²) in [6.07, 6.45) is 3.66. The highest BCUT2D eigenvalue weighted by Gasteiger charge is 2.35. The lowest BCUT2D eigenvalue weighted by atomic mass is 9.85. The average Bonchev–Trinajstić information content (AvgIpc) is 3.10. The Kier molecular flexibility index (Phi) is 6.68. The normalized spacial score (nSPS) is 27.2. The highest BCUT2D eigenvalue weighted by Crippen LogP contribution is 2.32. The Labute approximate surface area is 160 Å². The highest BCUT2D eigenvalue weighted by atomic mass is 16.5. The summed E-state index contributed by atoms with van der Waals surface area (Å²) in [5.74, 6) is -0.809. The zero-order valence-electron chi connectivity index (χ0n) is 15.8. The summed E-state index contributed by atoms with van der Waals surface area (Å²) in [5.41, 5.74) is 1.19. The van der Waals surface area contributed by atoms with Gasteiger partial charge in [0, 0.05) is 18.6 Å². The lowest BCUT2D eigenvalue weighted by molar-refractivity contribution is -0.139. The third-order valence-corrected chi connectivity index (χ3v) is 5.48. The van der Waals surface area contributed by atoms with E-state index < -0.39 is 5.97 Å².